The van der Waals surface area contributed by atoms with Crippen molar-refractivity contribution in [3.05, 3.63) is 41.7 Å². The Hall–Kier alpha value is -2.05. The minimum atomic E-state index is -1.05. The molecule has 3 rings (SSSR count). The second-order valence-electron chi connectivity index (χ2n) is 6.20. The lowest BCUT2D eigenvalue weighted by Crippen LogP contribution is -2.58. The van der Waals surface area contributed by atoms with Crippen molar-refractivity contribution in [2.45, 2.75) is 22.1 Å². The van der Waals surface area contributed by atoms with Gasteiger partial charge in [-0.15, -0.1) is 0 Å². The summed E-state index contributed by atoms with van der Waals surface area (Å²) >= 11 is 1.42. The zero-order valence-corrected chi connectivity index (χ0v) is 15.7. The summed E-state index contributed by atoms with van der Waals surface area (Å²) < 4.78 is 18.7. The fourth-order valence-electron chi connectivity index (χ4n) is 3.13. The molecule has 2 atom stereocenters. The van der Waals surface area contributed by atoms with Crippen molar-refractivity contribution >= 4 is 11.8 Å². The molecule has 1 aromatic heterocycles. The molecule has 2 heterocycles. The maximum absolute atomic E-state index is 11.2. The van der Waals surface area contributed by atoms with E-state index in [-0.39, 0.29) is 13.2 Å². The standard InChI is InChI=1S/C18H21N3O4S/c1-21-7-6-20-17(21)26-15-13-8-12(9-19)4-5-14(13)25-18(10-23-2,11-24-3)16(15)22/h4-8,15-16,22H,10-11H2,1-3H3/t15-,16-/m1/s1. The zero-order valence-electron chi connectivity index (χ0n) is 14.9. The summed E-state index contributed by atoms with van der Waals surface area (Å²) in [7, 11) is 5.01. The summed E-state index contributed by atoms with van der Waals surface area (Å²) in [5, 5.41) is 20.8. The first kappa shape index (κ1) is 18.7. The Morgan fingerprint density at radius 3 is 2.69 bits per heavy atom. The Kier molecular flexibility index (Phi) is 5.53. The topological polar surface area (TPSA) is 89.5 Å². The van der Waals surface area contributed by atoms with Gasteiger partial charge in [0.05, 0.1) is 30.1 Å². The number of aryl methyl sites for hydroxylation is 1. The Morgan fingerprint density at radius 1 is 1.38 bits per heavy atom. The number of thioether (sulfide) groups is 1. The molecule has 8 heteroatoms. The van der Waals surface area contributed by atoms with E-state index in [4.69, 9.17) is 14.2 Å². The van der Waals surface area contributed by atoms with E-state index in [0.717, 1.165) is 10.7 Å². The maximum atomic E-state index is 11.2. The van der Waals surface area contributed by atoms with Crippen molar-refractivity contribution in [3.8, 4) is 11.8 Å². The van der Waals surface area contributed by atoms with Crippen molar-refractivity contribution in [2.24, 2.45) is 7.05 Å². The van der Waals surface area contributed by atoms with Gasteiger partial charge in [-0.05, 0) is 18.2 Å². The van der Waals surface area contributed by atoms with Gasteiger partial charge in [0.25, 0.3) is 0 Å². The van der Waals surface area contributed by atoms with Gasteiger partial charge in [-0.3, -0.25) is 0 Å². The van der Waals surface area contributed by atoms with Gasteiger partial charge in [0.2, 0.25) is 0 Å². The van der Waals surface area contributed by atoms with Gasteiger partial charge in [0.15, 0.2) is 10.8 Å². The molecule has 26 heavy (non-hydrogen) atoms. The average molecular weight is 375 g/mol. The number of aliphatic hydroxyl groups is 1. The van der Waals surface area contributed by atoms with E-state index in [2.05, 4.69) is 11.1 Å². The highest BCUT2D eigenvalue weighted by atomic mass is 32.2. The molecule has 0 amide bonds. The van der Waals surface area contributed by atoms with E-state index in [9.17, 15) is 10.4 Å². The Morgan fingerprint density at radius 2 is 2.12 bits per heavy atom. The second-order valence-corrected chi connectivity index (χ2v) is 7.31. The number of imidazole rings is 1. The van der Waals surface area contributed by atoms with E-state index in [1.807, 2.05) is 17.8 Å². The third-order valence-electron chi connectivity index (χ3n) is 4.37. The summed E-state index contributed by atoms with van der Waals surface area (Å²) in [6, 6.07) is 7.34. The minimum Gasteiger partial charge on any atom is -0.479 e. The summed E-state index contributed by atoms with van der Waals surface area (Å²) in [6.45, 7) is 0.331. The number of benzene rings is 1. The molecule has 7 nitrogen and oxygen atoms in total. The number of methoxy groups -OCH3 is 2. The molecule has 0 spiro atoms. The van der Waals surface area contributed by atoms with E-state index in [1.54, 1.807) is 38.6 Å². The smallest absolute Gasteiger partial charge is 0.182 e. The molecule has 0 radical (unpaired) electrons. The minimum absolute atomic E-state index is 0.166. The zero-order chi connectivity index (χ0) is 18.7. The number of nitrogens with zero attached hydrogens (tertiary/aromatic N) is 3. The number of aliphatic hydroxyl groups excluding tert-OH is 1. The largest absolute Gasteiger partial charge is 0.479 e. The molecule has 138 valence electrons. The van der Waals surface area contributed by atoms with Crippen molar-refractivity contribution in [1.82, 2.24) is 9.55 Å². The van der Waals surface area contributed by atoms with Crippen LogP contribution in [0.15, 0.2) is 35.7 Å². The van der Waals surface area contributed by atoms with Crippen molar-refractivity contribution in [1.29, 1.82) is 5.26 Å². The van der Waals surface area contributed by atoms with Crippen molar-refractivity contribution in [3.63, 3.8) is 0 Å². The molecular weight excluding hydrogens is 354 g/mol. The van der Waals surface area contributed by atoms with Crippen LogP contribution in [0.1, 0.15) is 16.4 Å². The summed E-state index contributed by atoms with van der Waals surface area (Å²) in [5.41, 5.74) is 0.219. The van der Waals surface area contributed by atoms with Crippen LogP contribution in [0.25, 0.3) is 0 Å². The molecule has 0 fully saturated rings. The lowest BCUT2D eigenvalue weighted by atomic mass is 9.88. The highest BCUT2D eigenvalue weighted by molar-refractivity contribution is 7.99. The van der Waals surface area contributed by atoms with Crippen molar-refractivity contribution < 1.29 is 19.3 Å². The summed E-state index contributed by atoms with van der Waals surface area (Å²) in [6.07, 6.45) is 2.63. The van der Waals surface area contributed by atoms with E-state index in [1.165, 1.54) is 11.8 Å². The van der Waals surface area contributed by atoms with Gasteiger partial charge in [-0.25, -0.2) is 4.98 Å². The number of hydrogen-bond acceptors (Lipinski definition) is 7. The average Bonchev–Trinajstić information content (AvgIpc) is 3.04. The lowest BCUT2D eigenvalue weighted by Gasteiger charge is -2.45. The van der Waals surface area contributed by atoms with Gasteiger partial charge in [0.1, 0.15) is 11.9 Å². The summed E-state index contributed by atoms with van der Waals surface area (Å²) in [4.78, 5) is 4.35. The molecule has 0 saturated carbocycles. The van der Waals surface area contributed by atoms with Gasteiger partial charge >= 0.3 is 0 Å². The van der Waals surface area contributed by atoms with Gasteiger partial charge in [0, 0.05) is 39.2 Å². The highest BCUT2D eigenvalue weighted by Crippen LogP contribution is 2.49. The molecular formula is C18H21N3O4S. The number of nitriles is 1. The van der Waals surface area contributed by atoms with Crippen molar-refractivity contribution in [2.75, 3.05) is 27.4 Å². The normalized spacial score (nSPS) is 20.9. The number of hydrogen-bond donors (Lipinski definition) is 1. The van der Waals surface area contributed by atoms with Crippen LogP contribution in [-0.4, -0.2) is 53.8 Å². The van der Waals surface area contributed by atoms with Crippen LogP contribution in [0.3, 0.4) is 0 Å². The van der Waals surface area contributed by atoms with Gasteiger partial charge < -0.3 is 23.9 Å². The SMILES string of the molecule is COCC1(COC)Oc2ccc(C#N)cc2[C@@H](Sc2nccn2C)[C@H]1O. The maximum Gasteiger partial charge on any atom is 0.182 e. The van der Waals surface area contributed by atoms with Crippen LogP contribution in [0.2, 0.25) is 0 Å². The first-order chi connectivity index (χ1) is 12.5. The molecule has 0 unspecified atom stereocenters. The van der Waals surface area contributed by atoms with E-state index >= 15 is 0 Å². The van der Waals surface area contributed by atoms with Crippen LogP contribution in [0.4, 0.5) is 0 Å². The highest BCUT2D eigenvalue weighted by Gasteiger charge is 2.50. The Balaban J connectivity index is 2.09. The Bertz CT molecular complexity index is 811. The number of rotatable bonds is 6. The predicted octanol–water partition coefficient (Wildman–Crippen LogP) is 1.91. The lowest BCUT2D eigenvalue weighted by molar-refractivity contribution is -0.136. The monoisotopic (exact) mass is 375 g/mol. The third-order valence-corrected chi connectivity index (χ3v) is 5.74. The second kappa shape index (κ2) is 7.68. The molecule has 0 bridgehead atoms. The predicted molar refractivity (Wildman–Crippen MR) is 96.1 cm³/mol. The van der Waals surface area contributed by atoms with Crippen LogP contribution in [-0.2, 0) is 16.5 Å². The molecule has 1 N–H and O–H groups in total. The first-order valence-corrected chi connectivity index (χ1v) is 8.95. The number of ether oxygens (including phenoxy) is 3. The van der Waals surface area contributed by atoms with Crippen LogP contribution in [0, 0.1) is 11.3 Å². The van der Waals surface area contributed by atoms with Crippen LogP contribution >= 0.6 is 11.8 Å². The van der Waals surface area contributed by atoms with Gasteiger partial charge in [-0.1, -0.05) is 11.8 Å². The molecule has 0 saturated heterocycles. The van der Waals surface area contributed by atoms with Gasteiger partial charge in [-0.2, -0.15) is 5.26 Å². The Labute approximate surface area is 156 Å². The van der Waals surface area contributed by atoms with Crippen LogP contribution < -0.4 is 4.74 Å². The fraction of sp³-hybridized carbons (Fsp3) is 0.444. The van der Waals surface area contributed by atoms with Crippen LogP contribution in [0.5, 0.6) is 5.75 Å². The third kappa shape index (κ3) is 3.31. The quantitative estimate of drug-likeness (QED) is 0.825. The summed E-state index contributed by atoms with van der Waals surface area (Å²) in [5.74, 6) is 0.607. The molecule has 1 aliphatic heterocycles. The molecule has 0 aliphatic carbocycles. The molecule has 1 aromatic carbocycles. The molecule has 2 aromatic rings. The number of fused-ring (bicyclic) bond motifs is 1. The van der Waals surface area contributed by atoms with E-state index in [0.29, 0.717) is 11.3 Å². The van der Waals surface area contributed by atoms with E-state index < -0.39 is 17.0 Å². The molecule has 1 aliphatic rings. The fourth-order valence-corrected chi connectivity index (χ4v) is 4.39. The first-order valence-electron chi connectivity index (χ1n) is 8.07. The number of aromatic nitrogens is 2.